The second-order valence-electron chi connectivity index (χ2n) is 8.13. The standard InChI is InChI=1S/C22H22FN7/c1-22(2)14-29(12-11-24-22)18-8-10-27-30-20(16-7-9-25-26-13-16)19(28-21(18)30)15-3-5-17(23)6-4-15/h3-10,13,24H,11-12,14H2,1-2H3. The highest BCUT2D eigenvalue weighted by molar-refractivity contribution is 5.84. The quantitative estimate of drug-likeness (QED) is 0.567. The van der Waals surface area contributed by atoms with Gasteiger partial charge in [-0.05, 0) is 50.2 Å². The van der Waals surface area contributed by atoms with Crippen LogP contribution in [0, 0.1) is 5.82 Å². The predicted octanol–water partition coefficient (Wildman–Crippen LogP) is 3.18. The van der Waals surface area contributed by atoms with E-state index in [1.54, 1.807) is 30.7 Å². The first kappa shape index (κ1) is 18.6. The fourth-order valence-electron chi connectivity index (χ4n) is 4.03. The number of aromatic nitrogens is 5. The summed E-state index contributed by atoms with van der Waals surface area (Å²) in [5.41, 5.74) is 5.00. The Balaban J connectivity index is 1.74. The molecule has 0 bridgehead atoms. The second kappa shape index (κ2) is 7.14. The largest absolute Gasteiger partial charge is 0.365 e. The maximum absolute atomic E-state index is 13.5. The van der Waals surface area contributed by atoms with Crippen LogP contribution in [0.15, 0.2) is 55.0 Å². The van der Waals surface area contributed by atoms with Crippen LogP contribution in [0.2, 0.25) is 0 Å². The minimum absolute atomic E-state index is 0.00272. The summed E-state index contributed by atoms with van der Waals surface area (Å²) < 4.78 is 15.4. The van der Waals surface area contributed by atoms with Crippen LogP contribution in [0.4, 0.5) is 10.1 Å². The number of benzene rings is 1. The van der Waals surface area contributed by atoms with Crippen LogP contribution in [-0.2, 0) is 0 Å². The van der Waals surface area contributed by atoms with E-state index in [0.29, 0.717) is 0 Å². The number of piperazine rings is 1. The van der Waals surface area contributed by atoms with Crippen molar-refractivity contribution in [3.05, 3.63) is 60.8 Å². The lowest BCUT2D eigenvalue weighted by Crippen LogP contribution is -2.57. The Kier molecular flexibility index (Phi) is 4.43. The van der Waals surface area contributed by atoms with E-state index in [1.165, 1.54) is 12.1 Å². The van der Waals surface area contributed by atoms with Crippen molar-refractivity contribution < 1.29 is 4.39 Å². The molecule has 7 nitrogen and oxygen atoms in total. The van der Waals surface area contributed by atoms with Gasteiger partial charge in [0.15, 0.2) is 5.65 Å². The Labute approximate surface area is 173 Å². The third-order valence-electron chi connectivity index (χ3n) is 5.39. The van der Waals surface area contributed by atoms with Crippen LogP contribution in [0.3, 0.4) is 0 Å². The molecule has 0 atom stereocenters. The van der Waals surface area contributed by atoms with Gasteiger partial charge in [0, 0.05) is 36.3 Å². The Bertz CT molecular complexity index is 1190. The Morgan fingerprint density at radius 3 is 2.57 bits per heavy atom. The number of hydrogen-bond donors (Lipinski definition) is 1. The summed E-state index contributed by atoms with van der Waals surface area (Å²) in [6.45, 7) is 7.03. The van der Waals surface area contributed by atoms with Crippen molar-refractivity contribution >= 4 is 11.3 Å². The van der Waals surface area contributed by atoms with Crippen molar-refractivity contribution in [3.8, 4) is 22.5 Å². The molecule has 1 fully saturated rings. The molecule has 8 heteroatoms. The number of nitrogens with zero attached hydrogens (tertiary/aromatic N) is 6. The highest BCUT2D eigenvalue weighted by Crippen LogP contribution is 2.35. The van der Waals surface area contributed by atoms with E-state index in [2.05, 4.69) is 39.4 Å². The third-order valence-corrected chi connectivity index (χ3v) is 5.39. The molecule has 152 valence electrons. The summed E-state index contributed by atoms with van der Waals surface area (Å²) in [5, 5.41) is 16.1. The normalized spacial score (nSPS) is 16.2. The van der Waals surface area contributed by atoms with Gasteiger partial charge in [-0.15, -0.1) is 0 Å². The van der Waals surface area contributed by atoms with Crippen molar-refractivity contribution in [2.45, 2.75) is 19.4 Å². The number of imidazole rings is 1. The number of nitrogens with one attached hydrogen (secondary N) is 1. The molecule has 0 amide bonds. The van der Waals surface area contributed by atoms with Crippen LogP contribution in [0.1, 0.15) is 13.8 Å². The summed E-state index contributed by atoms with van der Waals surface area (Å²) in [6.07, 6.45) is 5.14. The first-order valence-electron chi connectivity index (χ1n) is 9.93. The Morgan fingerprint density at radius 2 is 1.83 bits per heavy atom. The van der Waals surface area contributed by atoms with E-state index >= 15 is 0 Å². The zero-order valence-corrected chi connectivity index (χ0v) is 16.9. The molecule has 0 spiro atoms. The van der Waals surface area contributed by atoms with Gasteiger partial charge in [0.25, 0.3) is 0 Å². The summed E-state index contributed by atoms with van der Waals surface area (Å²) in [5.74, 6) is -0.281. The zero-order valence-electron chi connectivity index (χ0n) is 16.9. The minimum atomic E-state index is -0.281. The molecular weight excluding hydrogens is 381 g/mol. The molecule has 0 unspecified atom stereocenters. The molecule has 4 heterocycles. The molecule has 1 saturated heterocycles. The maximum Gasteiger partial charge on any atom is 0.178 e. The number of hydrogen-bond acceptors (Lipinski definition) is 6. The van der Waals surface area contributed by atoms with Crippen molar-refractivity contribution in [3.63, 3.8) is 0 Å². The van der Waals surface area contributed by atoms with Gasteiger partial charge in [-0.1, -0.05) is 0 Å². The predicted molar refractivity (Wildman–Crippen MR) is 114 cm³/mol. The average molecular weight is 403 g/mol. The molecule has 1 N–H and O–H groups in total. The first-order valence-corrected chi connectivity index (χ1v) is 9.93. The lowest BCUT2D eigenvalue weighted by atomic mass is 10.0. The lowest BCUT2D eigenvalue weighted by Gasteiger charge is -2.40. The summed E-state index contributed by atoms with van der Waals surface area (Å²) in [7, 11) is 0. The Hall–Kier alpha value is -3.39. The number of halogens is 1. The fourth-order valence-corrected chi connectivity index (χ4v) is 4.03. The van der Waals surface area contributed by atoms with Crippen LogP contribution in [0.5, 0.6) is 0 Å². The van der Waals surface area contributed by atoms with Crippen molar-refractivity contribution in [1.29, 1.82) is 0 Å². The van der Waals surface area contributed by atoms with Crippen LogP contribution in [-0.4, -0.2) is 50.0 Å². The van der Waals surface area contributed by atoms with Gasteiger partial charge in [0.1, 0.15) is 11.5 Å². The molecule has 4 aromatic rings. The smallest absolute Gasteiger partial charge is 0.178 e. The van der Waals surface area contributed by atoms with E-state index in [1.807, 2.05) is 16.6 Å². The molecule has 1 aromatic carbocycles. The SMILES string of the molecule is CC1(C)CN(c2ccnn3c(-c4ccnnc4)c(-c4ccc(F)cc4)nc23)CCN1. The molecule has 3 aromatic heterocycles. The first-order chi connectivity index (χ1) is 14.5. The van der Waals surface area contributed by atoms with Crippen LogP contribution in [0.25, 0.3) is 28.2 Å². The van der Waals surface area contributed by atoms with E-state index in [0.717, 1.165) is 53.5 Å². The molecule has 30 heavy (non-hydrogen) atoms. The molecule has 0 aliphatic carbocycles. The van der Waals surface area contributed by atoms with Crippen molar-refractivity contribution in [1.82, 2.24) is 30.1 Å². The highest BCUT2D eigenvalue weighted by atomic mass is 19.1. The van der Waals surface area contributed by atoms with E-state index < -0.39 is 0 Å². The lowest BCUT2D eigenvalue weighted by molar-refractivity contribution is 0.353. The Morgan fingerprint density at radius 1 is 1.00 bits per heavy atom. The third kappa shape index (κ3) is 3.29. The molecular formula is C22H22FN7. The van der Waals surface area contributed by atoms with E-state index in [9.17, 15) is 4.39 Å². The molecule has 5 rings (SSSR count). The monoisotopic (exact) mass is 403 g/mol. The maximum atomic E-state index is 13.5. The number of fused-ring (bicyclic) bond motifs is 1. The van der Waals surface area contributed by atoms with Crippen LogP contribution < -0.4 is 10.2 Å². The van der Waals surface area contributed by atoms with Gasteiger partial charge in [-0.2, -0.15) is 15.3 Å². The molecule has 1 aliphatic rings. The van der Waals surface area contributed by atoms with Crippen molar-refractivity contribution in [2.75, 3.05) is 24.5 Å². The summed E-state index contributed by atoms with van der Waals surface area (Å²) in [4.78, 5) is 7.32. The summed E-state index contributed by atoms with van der Waals surface area (Å²) in [6, 6.07) is 10.3. The average Bonchev–Trinajstić information content (AvgIpc) is 3.14. The van der Waals surface area contributed by atoms with Gasteiger partial charge in [0.05, 0.1) is 30.0 Å². The molecule has 1 aliphatic heterocycles. The highest BCUT2D eigenvalue weighted by Gasteiger charge is 2.28. The van der Waals surface area contributed by atoms with E-state index in [4.69, 9.17) is 4.98 Å². The van der Waals surface area contributed by atoms with Crippen LogP contribution >= 0.6 is 0 Å². The zero-order chi connectivity index (χ0) is 20.7. The number of anilines is 1. The van der Waals surface area contributed by atoms with Gasteiger partial charge >= 0.3 is 0 Å². The van der Waals surface area contributed by atoms with Gasteiger partial charge < -0.3 is 10.2 Å². The summed E-state index contributed by atoms with van der Waals surface area (Å²) >= 11 is 0. The van der Waals surface area contributed by atoms with Gasteiger partial charge in [-0.25, -0.2) is 13.9 Å². The van der Waals surface area contributed by atoms with Crippen molar-refractivity contribution in [2.24, 2.45) is 0 Å². The fraction of sp³-hybridized carbons (Fsp3) is 0.273. The second-order valence-corrected chi connectivity index (χ2v) is 8.13. The van der Waals surface area contributed by atoms with Gasteiger partial charge in [0.2, 0.25) is 0 Å². The molecule has 0 saturated carbocycles. The van der Waals surface area contributed by atoms with Gasteiger partial charge in [-0.3, -0.25) is 0 Å². The molecule has 0 radical (unpaired) electrons. The topological polar surface area (TPSA) is 71.2 Å². The number of rotatable bonds is 3. The minimum Gasteiger partial charge on any atom is -0.365 e. The van der Waals surface area contributed by atoms with E-state index in [-0.39, 0.29) is 11.4 Å².